The highest BCUT2D eigenvalue weighted by molar-refractivity contribution is 6.09. The lowest BCUT2D eigenvalue weighted by atomic mass is 9.90. The lowest BCUT2D eigenvalue weighted by Gasteiger charge is -2.24. The largest absolute Gasteiger partial charge is 0.466 e. The van der Waals surface area contributed by atoms with Crippen molar-refractivity contribution in [3.63, 3.8) is 0 Å². The van der Waals surface area contributed by atoms with E-state index in [9.17, 15) is 19.5 Å². The molecule has 0 saturated heterocycles. The maximum Gasteiger partial charge on any atom is 0.346 e. The Bertz CT molecular complexity index is 698. The van der Waals surface area contributed by atoms with Crippen molar-refractivity contribution in [2.45, 2.75) is 238 Å². The summed E-state index contributed by atoms with van der Waals surface area (Å²) in [5, 5.41) is 11.3. The standard InChI is InChI=1S/C42H80O6/c1-4-7-10-13-16-19-22-23-26-29-32-35-39(43)42(46,41(45)48-37-34-31-28-25-21-18-15-12-9-6-3)38-40(44)47-36-33-30-27-24-20-17-14-11-8-5-2/h46H,4-38H2,1-3H3. The summed E-state index contributed by atoms with van der Waals surface area (Å²) in [5.41, 5.74) is -2.47. The highest BCUT2D eigenvalue weighted by atomic mass is 16.6. The number of rotatable bonds is 38. The molecule has 6 nitrogen and oxygen atoms in total. The van der Waals surface area contributed by atoms with Crippen LogP contribution in [0, 0.1) is 0 Å². The van der Waals surface area contributed by atoms with E-state index in [0.717, 1.165) is 51.4 Å². The minimum absolute atomic E-state index is 0.0621. The highest BCUT2D eigenvalue weighted by Crippen LogP contribution is 2.21. The quantitative estimate of drug-likeness (QED) is 0.0396. The first-order valence-corrected chi connectivity index (χ1v) is 21.0. The first kappa shape index (κ1) is 46.6. The van der Waals surface area contributed by atoms with Crippen molar-refractivity contribution >= 4 is 17.7 Å². The van der Waals surface area contributed by atoms with Gasteiger partial charge in [0.25, 0.3) is 0 Å². The van der Waals surface area contributed by atoms with Gasteiger partial charge in [-0.25, -0.2) is 4.79 Å². The van der Waals surface area contributed by atoms with Crippen molar-refractivity contribution in [3.8, 4) is 0 Å². The summed E-state index contributed by atoms with van der Waals surface area (Å²) in [7, 11) is 0. The van der Waals surface area contributed by atoms with Crippen molar-refractivity contribution < 1.29 is 29.0 Å². The minimum atomic E-state index is -2.47. The van der Waals surface area contributed by atoms with Gasteiger partial charge >= 0.3 is 11.9 Å². The normalized spacial score (nSPS) is 12.6. The molecule has 0 heterocycles. The Balaban J connectivity index is 4.55. The maximum absolute atomic E-state index is 13.2. The predicted molar refractivity (Wildman–Crippen MR) is 201 cm³/mol. The minimum Gasteiger partial charge on any atom is -0.466 e. The zero-order valence-corrected chi connectivity index (χ0v) is 32.2. The molecule has 0 aromatic heterocycles. The van der Waals surface area contributed by atoms with Gasteiger partial charge in [0.15, 0.2) is 5.78 Å². The molecule has 1 N–H and O–H groups in total. The van der Waals surface area contributed by atoms with Gasteiger partial charge in [0.2, 0.25) is 5.60 Å². The molecule has 1 unspecified atom stereocenters. The van der Waals surface area contributed by atoms with E-state index in [0.29, 0.717) is 12.8 Å². The number of carbonyl (C=O) groups excluding carboxylic acids is 3. The molecule has 6 heteroatoms. The Morgan fingerprint density at radius 1 is 0.417 bits per heavy atom. The molecule has 0 amide bonds. The van der Waals surface area contributed by atoms with E-state index >= 15 is 0 Å². The predicted octanol–water partition coefficient (Wildman–Crippen LogP) is 12.3. The highest BCUT2D eigenvalue weighted by Gasteiger charge is 2.47. The molecule has 0 aliphatic rings. The van der Waals surface area contributed by atoms with Gasteiger partial charge in [0.05, 0.1) is 19.6 Å². The van der Waals surface area contributed by atoms with E-state index in [4.69, 9.17) is 9.47 Å². The van der Waals surface area contributed by atoms with Gasteiger partial charge in [-0.1, -0.05) is 201 Å². The molecule has 48 heavy (non-hydrogen) atoms. The smallest absolute Gasteiger partial charge is 0.346 e. The SMILES string of the molecule is CCCCCCCCCCCCCC(=O)C(O)(CC(=O)OCCCCCCCCCCCC)C(=O)OCCCCCCCCCCCC. The average Bonchev–Trinajstić information content (AvgIpc) is 3.08. The number of ketones is 1. The van der Waals surface area contributed by atoms with Crippen LogP contribution in [-0.2, 0) is 23.9 Å². The Hall–Kier alpha value is -1.43. The van der Waals surface area contributed by atoms with Crippen molar-refractivity contribution in [2.24, 2.45) is 0 Å². The number of Topliss-reactive ketones (excluding diaryl/α,β-unsaturated/α-hetero) is 1. The van der Waals surface area contributed by atoms with Gasteiger partial charge in [-0.3, -0.25) is 9.59 Å². The number of carbonyl (C=O) groups is 3. The Morgan fingerprint density at radius 2 is 0.708 bits per heavy atom. The van der Waals surface area contributed by atoms with Crippen LogP contribution in [0.3, 0.4) is 0 Å². The second-order valence-electron chi connectivity index (χ2n) is 14.5. The average molecular weight is 681 g/mol. The van der Waals surface area contributed by atoms with Gasteiger partial charge in [0, 0.05) is 6.42 Å². The zero-order chi connectivity index (χ0) is 35.4. The fourth-order valence-corrected chi connectivity index (χ4v) is 6.35. The Kier molecular flexibility index (Phi) is 34.3. The van der Waals surface area contributed by atoms with Crippen LogP contribution < -0.4 is 0 Å². The first-order chi connectivity index (χ1) is 23.4. The lowest BCUT2D eigenvalue weighted by molar-refractivity contribution is -0.177. The number of hydrogen-bond acceptors (Lipinski definition) is 6. The monoisotopic (exact) mass is 681 g/mol. The lowest BCUT2D eigenvalue weighted by Crippen LogP contribution is -2.49. The van der Waals surface area contributed by atoms with Crippen LogP contribution >= 0.6 is 0 Å². The van der Waals surface area contributed by atoms with E-state index in [1.54, 1.807) is 0 Å². The molecule has 0 aromatic carbocycles. The van der Waals surface area contributed by atoms with E-state index in [-0.39, 0.29) is 19.6 Å². The second kappa shape index (κ2) is 35.4. The number of aliphatic hydroxyl groups is 1. The molecule has 0 fully saturated rings. The van der Waals surface area contributed by atoms with E-state index in [1.807, 2.05) is 0 Å². The summed E-state index contributed by atoms with van der Waals surface area (Å²) >= 11 is 0. The van der Waals surface area contributed by atoms with E-state index < -0.39 is 29.7 Å². The van der Waals surface area contributed by atoms with Gasteiger partial charge in [-0.15, -0.1) is 0 Å². The number of unbranched alkanes of at least 4 members (excludes halogenated alkanes) is 28. The third kappa shape index (κ3) is 28.4. The Labute approximate surface area is 297 Å². The van der Waals surface area contributed by atoms with Crippen molar-refractivity contribution in [3.05, 3.63) is 0 Å². The molecule has 0 spiro atoms. The summed E-state index contributed by atoms with van der Waals surface area (Å²) in [6, 6.07) is 0. The van der Waals surface area contributed by atoms with Crippen LogP contribution in [0.25, 0.3) is 0 Å². The second-order valence-corrected chi connectivity index (χ2v) is 14.5. The third-order valence-corrected chi connectivity index (χ3v) is 9.70. The van der Waals surface area contributed by atoms with E-state index in [2.05, 4.69) is 20.8 Å². The van der Waals surface area contributed by atoms with Gasteiger partial charge in [-0.2, -0.15) is 0 Å². The summed E-state index contributed by atoms with van der Waals surface area (Å²) in [6.07, 6.45) is 35.4. The number of ether oxygens (including phenoxy) is 2. The van der Waals surface area contributed by atoms with Crippen molar-refractivity contribution in [1.29, 1.82) is 0 Å². The zero-order valence-electron chi connectivity index (χ0n) is 32.2. The summed E-state index contributed by atoms with van der Waals surface area (Å²) in [5.74, 6) is -2.33. The van der Waals surface area contributed by atoms with Crippen LogP contribution in [0.4, 0.5) is 0 Å². The third-order valence-electron chi connectivity index (χ3n) is 9.70. The van der Waals surface area contributed by atoms with Crippen molar-refractivity contribution in [2.75, 3.05) is 13.2 Å². The van der Waals surface area contributed by atoms with Crippen LogP contribution in [-0.4, -0.2) is 41.6 Å². The maximum atomic E-state index is 13.2. The van der Waals surface area contributed by atoms with Gasteiger partial charge in [0.1, 0.15) is 0 Å². The summed E-state index contributed by atoms with van der Waals surface area (Å²) in [4.78, 5) is 39.0. The van der Waals surface area contributed by atoms with Crippen molar-refractivity contribution in [1.82, 2.24) is 0 Å². The van der Waals surface area contributed by atoms with Crippen LogP contribution in [0.1, 0.15) is 233 Å². The topological polar surface area (TPSA) is 89.9 Å². The molecule has 0 bridgehead atoms. The van der Waals surface area contributed by atoms with E-state index in [1.165, 1.54) is 135 Å². The molecule has 0 radical (unpaired) electrons. The number of hydrogen-bond donors (Lipinski definition) is 1. The summed E-state index contributed by atoms with van der Waals surface area (Å²) in [6.45, 7) is 7.09. The summed E-state index contributed by atoms with van der Waals surface area (Å²) < 4.78 is 10.8. The molecule has 0 rings (SSSR count). The molecular formula is C42H80O6. The fourth-order valence-electron chi connectivity index (χ4n) is 6.35. The molecule has 1 atom stereocenters. The molecule has 0 aromatic rings. The van der Waals surface area contributed by atoms with Gasteiger partial charge in [-0.05, 0) is 19.3 Å². The first-order valence-electron chi connectivity index (χ1n) is 21.0. The fraction of sp³-hybridized carbons (Fsp3) is 0.929. The van der Waals surface area contributed by atoms with Gasteiger partial charge < -0.3 is 14.6 Å². The van der Waals surface area contributed by atoms with Crippen LogP contribution in [0.2, 0.25) is 0 Å². The molecule has 284 valence electrons. The molecule has 0 aliphatic carbocycles. The molecule has 0 aliphatic heterocycles. The molecular weight excluding hydrogens is 600 g/mol. The Morgan fingerprint density at radius 3 is 1.06 bits per heavy atom. The number of esters is 2. The molecule has 0 saturated carbocycles. The van der Waals surface area contributed by atoms with Crippen LogP contribution in [0.15, 0.2) is 0 Å². The van der Waals surface area contributed by atoms with Crippen LogP contribution in [0.5, 0.6) is 0 Å².